The molecule has 1 aromatic carbocycles. The van der Waals surface area contributed by atoms with Crippen LogP contribution in [-0.4, -0.2) is 46.5 Å². The number of nitrogens with one attached hydrogen (secondary N) is 1. The molecule has 5 rings (SSSR count). The average Bonchev–Trinajstić information content (AvgIpc) is 3.53. The molecule has 0 saturated carbocycles. The molecule has 1 aliphatic carbocycles. The van der Waals surface area contributed by atoms with Crippen LogP contribution >= 0.6 is 0 Å². The molecule has 1 amide bonds. The normalized spacial score (nSPS) is 22.2. The van der Waals surface area contributed by atoms with Crippen molar-refractivity contribution in [1.29, 1.82) is 0 Å². The van der Waals surface area contributed by atoms with Crippen LogP contribution in [0.5, 0.6) is 0 Å². The lowest BCUT2D eigenvalue weighted by atomic mass is 9.84. The van der Waals surface area contributed by atoms with Gasteiger partial charge in [0.1, 0.15) is 11.5 Å². The first-order chi connectivity index (χ1) is 26.4. The molecule has 1 aromatic rings. The summed E-state index contributed by atoms with van der Waals surface area (Å²) < 4.78 is 29.1. The highest BCUT2D eigenvalue weighted by Crippen LogP contribution is 2.45. The van der Waals surface area contributed by atoms with E-state index in [2.05, 4.69) is 79.5 Å². The van der Waals surface area contributed by atoms with E-state index in [0.717, 1.165) is 72.8 Å². The molecule has 0 aromatic heterocycles. The zero-order valence-electron chi connectivity index (χ0n) is 34.2. The third kappa shape index (κ3) is 11.1. The van der Waals surface area contributed by atoms with Gasteiger partial charge < -0.3 is 15.1 Å². The summed E-state index contributed by atoms with van der Waals surface area (Å²) in [5, 5.41) is 2.90. The fourth-order valence-corrected chi connectivity index (χ4v) is 8.86. The number of hydrogen-bond donors (Lipinski definition) is 1. The zero-order chi connectivity index (χ0) is 39.5. The molecule has 4 nitrogen and oxygen atoms in total. The quantitative estimate of drug-likeness (QED) is 0.100. The van der Waals surface area contributed by atoms with E-state index in [-0.39, 0.29) is 24.4 Å². The summed E-state index contributed by atoms with van der Waals surface area (Å²) in [6.45, 7) is 24.7. The molecule has 3 aliphatic heterocycles. The molecule has 2 fully saturated rings. The van der Waals surface area contributed by atoms with Gasteiger partial charge in [-0.05, 0) is 86.3 Å². The van der Waals surface area contributed by atoms with E-state index in [1.165, 1.54) is 94.8 Å². The molecular formula is C49H67F2N3O. The molecule has 55 heavy (non-hydrogen) atoms. The first-order valence-corrected chi connectivity index (χ1v) is 21.3. The van der Waals surface area contributed by atoms with Gasteiger partial charge in [0, 0.05) is 49.8 Å². The largest absolute Gasteiger partial charge is 0.363 e. The number of piperazine rings is 1. The van der Waals surface area contributed by atoms with Gasteiger partial charge in [0.05, 0.1) is 17.0 Å². The number of allylic oxidation sites excluding steroid dienone is 5. The van der Waals surface area contributed by atoms with Gasteiger partial charge in [0.2, 0.25) is 0 Å². The number of hydrogen-bond acceptors (Lipinski definition) is 3. The van der Waals surface area contributed by atoms with Crippen molar-refractivity contribution < 1.29 is 13.6 Å². The number of benzene rings is 1. The Hall–Kier alpha value is -3.93. The highest BCUT2D eigenvalue weighted by atomic mass is 19.1. The predicted octanol–water partition coefficient (Wildman–Crippen LogP) is 12.7. The Morgan fingerprint density at radius 2 is 1.64 bits per heavy atom. The molecule has 6 heteroatoms. The minimum Gasteiger partial charge on any atom is -0.363 e. The number of aryl methyl sites for hydroxylation is 1. The zero-order valence-corrected chi connectivity index (χ0v) is 34.2. The van der Waals surface area contributed by atoms with Crippen molar-refractivity contribution in [2.75, 3.05) is 13.1 Å². The van der Waals surface area contributed by atoms with Crippen molar-refractivity contribution in [3.8, 4) is 0 Å². The second-order valence-corrected chi connectivity index (χ2v) is 16.8. The van der Waals surface area contributed by atoms with Gasteiger partial charge in [-0.1, -0.05) is 133 Å². The molecule has 2 saturated heterocycles. The molecule has 3 unspecified atom stereocenters. The Morgan fingerprint density at radius 3 is 2.33 bits per heavy atom. The monoisotopic (exact) mass is 752 g/mol. The summed E-state index contributed by atoms with van der Waals surface area (Å²) in [5.41, 5.74) is 7.18. The smallest absolute Gasteiger partial charge is 0.253 e. The van der Waals surface area contributed by atoms with E-state index in [4.69, 9.17) is 0 Å². The van der Waals surface area contributed by atoms with Crippen molar-refractivity contribution >= 4 is 11.5 Å². The SMILES string of the molecule is C=C(CCCCCCCCCCCCC)CCc1ccccc1C(=C)CC1=C2C(=C)N3C(C)CCC3CN2C=C(C(=O)NCC2=CCC(C)(F)C=C2F)C1=C. The van der Waals surface area contributed by atoms with Crippen LogP contribution in [0.2, 0.25) is 0 Å². The number of nitrogens with zero attached hydrogens (tertiary/aromatic N) is 2. The van der Waals surface area contributed by atoms with Gasteiger partial charge >= 0.3 is 0 Å². The van der Waals surface area contributed by atoms with Crippen LogP contribution in [0, 0.1) is 0 Å². The average molecular weight is 752 g/mol. The van der Waals surface area contributed by atoms with Gasteiger partial charge in [-0.3, -0.25) is 4.79 Å². The number of carbonyl (C=O) groups is 1. The van der Waals surface area contributed by atoms with E-state index in [1.54, 1.807) is 0 Å². The standard InChI is InChI=1S/C49H67F2N3O/c1-8-9-10-11-12-13-14-15-16-17-18-21-35(2)24-26-40-22-19-20-23-43(40)36(3)30-44-38(5)45(48(55)52-32-41-28-29-49(7,51)31-46(41)50)34-53-33-42-27-25-37(4)54(42)39(6)47(44)53/h19-20,22-23,28,31,34,37,42H,2-3,5-6,8-18,21,24-27,29-30,32-33H2,1,4,7H3,(H,52,55). The highest BCUT2D eigenvalue weighted by Gasteiger charge is 2.42. The lowest BCUT2D eigenvalue weighted by molar-refractivity contribution is -0.117. The Labute approximate surface area is 331 Å². The highest BCUT2D eigenvalue weighted by molar-refractivity contribution is 6.00. The van der Waals surface area contributed by atoms with Crippen LogP contribution in [0.15, 0.2) is 114 Å². The molecule has 298 valence electrons. The van der Waals surface area contributed by atoms with Crippen molar-refractivity contribution in [1.82, 2.24) is 15.1 Å². The number of carbonyl (C=O) groups excluding carboxylic acids is 1. The summed E-state index contributed by atoms with van der Waals surface area (Å²) in [5.74, 6) is -0.967. The Balaban J connectivity index is 1.22. The molecule has 0 bridgehead atoms. The van der Waals surface area contributed by atoms with E-state index < -0.39 is 11.5 Å². The minimum absolute atomic E-state index is 0.0287. The summed E-state index contributed by atoms with van der Waals surface area (Å²) in [7, 11) is 0. The van der Waals surface area contributed by atoms with E-state index in [0.29, 0.717) is 29.7 Å². The number of alkyl halides is 1. The first-order valence-electron chi connectivity index (χ1n) is 21.3. The third-order valence-corrected chi connectivity index (χ3v) is 12.2. The molecule has 3 heterocycles. The van der Waals surface area contributed by atoms with Crippen LogP contribution in [0.25, 0.3) is 5.57 Å². The first kappa shape index (κ1) is 42.2. The van der Waals surface area contributed by atoms with Gasteiger partial charge in [0.25, 0.3) is 5.91 Å². The fraction of sp³-hybridized carbons (Fsp3) is 0.531. The maximum absolute atomic E-state index is 14.7. The number of fused-ring (bicyclic) bond motifs is 2. The third-order valence-electron chi connectivity index (χ3n) is 12.2. The lowest BCUT2D eigenvalue weighted by Crippen LogP contribution is -2.49. The van der Waals surface area contributed by atoms with Crippen molar-refractivity contribution in [3.05, 3.63) is 125 Å². The number of unbranched alkanes of at least 4 members (excludes halogenated alkanes) is 10. The molecule has 1 N–H and O–H groups in total. The van der Waals surface area contributed by atoms with Crippen LogP contribution < -0.4 is 5.32 Å². The lowest BCUT2D eigenvalue weighted by Gasteiger charge is -2.46. The number of halogens is 2. The van der Waals surface area contributed by atoms with Crippen LogP contribution in [-0.2, 0) is 11.2 Å². The van der Waals surface area contributed by atoms with Gasteiger partial charge in [-0.2, -0.15) is 0 Å². The Morgan fingerprint density at radius 1 is 0.964 bits per heavy atom. The molecule has 0 radical (unpaired) electrons. The van der Waals surface area contributed by atoms with Crippen LogP contribution in [0.4, 0.5) is 8.78 Å². The molecular weight excluding hydrogens is 685 g/mol. The summed E-state index contributed by atoms with van der Waals surface area (Å²) in [6, 6.07) is 9.21. The summed E-state index contributed by atoms with van der Waals surface area (Å²) in [4.78, 5) is 18.4. The van der Waals surface area contributed by atoms with Gasteiger partial charge in [0.15, 0.2) is 0 Å². The van der Waals surface area contributed by atoms with Crippen molar-refractivity contribution in [2.45, 2.75) is 154 Å². The Bertz CT molecular complexity index is 1720. The molecule has 0 spiro atoms. The maximum Gasteiger partial charge on any atom is 0.253 e. The fourth-order valence-electron chi connectivity index (χ4n) is 8.86. The minimum atomic E-state index is -1.72. The maximum atomic E-state index is 14.7. The molecule has 4 aliphatic rings. The molecule has 3 atom stereocenters. The number of rotatable bonds is 21. The predicted molar refractivity (Wildman–Crippen MR) is 227 cm³/mol. The van der Waals surface area contributed by atoms with Gasteiger partial charge in [-0.25, -0.2) is 8.78 Å². The van der Waals surface area contributed by atoms with E-state index >= 15 is 0 Å². The van der Waals surface area contributed by atoms with Crippen molar-refractivity contribution in [2.24, 2.45) is 0 Å². The number of amides is 1. The second kappa shape index (κ2) is 19.8. The van der Waals surface area contributed by atoms with E-state index in [1.807, 2.05) is 6.20 Å². The van der Waals surface area contributed by atoms with Gasteiger partial charge in [-0.15, -0.1) is 0 Å². The Kier molecular flexibility index (Phi) is 15.2. The summed E-state index contributed by atoms with van der Waals surface area (Å²) in [6.07, 6.45) is 24.9. The second-order valence-electron chi connectivity index (χ2n) is 16.8. The van der Waals surface area contributed by atoms with Crippen LogP contribution in [0.3, 0.4) is 0 Å². The summed E-state index contributed by atoms with van der Waals surface area (Å²) >= 11 is 0. The van der Waals surface area contributed by atoms with E-state index in [9.17, 15) is 13.6 Å². The van der Waals surface area contributed by atoms with Crippen LogP contribution in [0.1, 0.15) is 141 Å². The van der Waals surface area contributed by atoms with Crippen molar-refractivity contribution in [3.63, 3.8) is 0 Å². The topological polar surface area (TPSA) is 35.6 Å².